The van der Waals surface area contributed by atoms with Crippen LogP contribution < -0.4 is 11.0 Å². The maximum absolute atomic E-state index is 13.3. The first-order chi connectivity index (χ1) is 16.5. The minimum atomic E-state index is -1.22. The number of benzene rings is 3. The number of imidazole rings is 1. The normalized spacial score (nSPS) is 15.5. The zero-order valence-corrected chi connectivity index (χ0v) is 18.6. The van der Waals surface area contributed by atoms with E-state index in [9.17, 15) is 19.5 Å². The minimum Gasteiger partial charge on any atom is -0.465 e. The lowest BCUT2D eigenvalue weighted by atomic mass is 9.99. The Hall–Kier alpha value is -4.07. The average Bonchev–Trinajstić information content (AvgIpc) is 3.18. The Morgan fingerprint density at radius 1 is 1.00 bits per heavy atom. The van der Waals surface area contributed by atoms with Gasteiger partial charge in [-0.25, -0.2) is 9.59 Å². The second-order valence-electron chi connectivity index (χ2n) is 8.76. The smallest absolute Gasteiger partial charge is 0.405 e. The van der Waals surface area contributed by atoms with E-state index in [4.69, 9.17) is 0 Å². The molecule has 5 rings (SSSR count). The molecule has 2 heterocycles. The van der Waals surface area contributed by atoms with Crippen molar-refractivity contribution in [1.82, 2.24) is 19.8 Å². The van der Waals surface area contributed by atoms with Crippen LogP contribution in [-0.4, -0.2) is 50.7 Å². The molecule has 1 fully saturated rings. The highest BCUT2D eigenvalue weighted by Crippen LogP contribution is 2.25. The number of rotatable bonds is 5. The number of hydrogen-bond donors (Lipinski definition) is 3. The molecule has 4 aromatic rings. The molecule has 1 aromatic heterocycles. The van der Waals surface area contributed by atoms with E-state index in [0.29, 0.717) is 25.9 Å². The highest BCUT2D eigenvalue weighted by molar-refractivity contribution is 5.87. The lowest BCUT2D eigenvalue weighted by Gasteiger charge is -2.34. The third-order valence-corrected chi connectivity index (χ3v) is 6.61. The first-order valence-corrected chi connectivity index (χ1v) is 11.4. The zero-order chi connectivity index (χ0) is 23.7. The summed E-state index contributed by atoms with van der Waals surface area (Å²) in [5.41, 5.74) is 2.41. The van der Waals surface area contributed by atoms with Crippen molar-refractivity contribution in [2.24, 2.45) is 0 Å². The molecule has 1 atom stereocenters. The first kappa shape index (κ1) is 21.8. The highest BCUT2D eigenvalue weighted by atomic mass is 16.4. The lowest BCUT2D eigenvalue weighted by molar-refractivity contribution is -0.134. The van der Waals surface area contributed by atoms with Crippen LogP contribution in [0.4, 0.5) is 4.79 Å². The van der Waals surface area contributed by atoms with Crippen molar-refractivity contribution >= 4 is 33.8 Å². The maximum Gasteiger partial charge on any atom is 0.405 e. The van der Waals surface area contributed by atoms with Crippen LogP contribution in [0.1, 0.15) is 24.4 Å². The second-order valence-corrected chi connectivity index (χ2v) is 8.76. The molecule has 1 saturated heterocycles. The minimum absolute atomic E-state index is 0.0147. The summed E-state index contributed by atoms with van der Waals surface area (Å²) in [5, 5.41) is 13.9. The third kappa shape index (κ3) is 4.26. The zero-order valence-electron chi connectivity index (χ0n) is 18.6. The molecule has 3 N–H and O–H groups in total. The summed E-state index contributed by atoms with van der Waals surface area (Å²) < 4.78 is 1.78. The van der Waals surface area contributed by atoms with Gasteiger partial charge < -0.3 is 20.3 Å². The number of carboxylic acid groups (broad SMARTS) is 1. The van der Waals surface area contributed by atoms with Gasteiger partial charge in [0.25, 0.3) is 0 Å². The van der Waals surface area contributed by atoms with Crippen LogP contribution >= 0.6 is 0 Å². The van der Waals surface area contributed by atoms with E-state index < -0.39 is 12.1 Å². The number of likely N-dealkylation sites (tertiary alicyclic amines) is 1. The van der Waals surface area contributed by atoms with Gasteiger partial charge in [-0.05, 0) is 41.3 Å². The number of hydrogen-bond acceptors (Lipinski definition) is 3. The molecule has 0 bridgehead atoms. The first-order valence-electron chi connectivity index (χ1n) is 11.4. The van der Waals surface area contributed by atoms with Crippen LogP contribution in [0.25, 0.3) is 21.8 Å². The molecule has 8 nitrogen and oxygen atoms in total. The summed E-state index contributed by atoms with van der Waals surface area (Å²) in [5.74, 6) is -0.236. The van der Waals surface area contributed by atoms with Crippen molar-refractivity contribution < 1.29 is 14.7 Å². The van der Waals surface area contributed by atoms with Crippen LogP contribution in [-0.2, 0) is 11.2 Å². The summed E-state index contributed by atoms with van der Waals surface area (Å²) in [4.78, 5) is 41.9. The quantitative estimate of drug-likeness (QED) is 0.425. The molecule has 1 aliphatic rings. The maximum atomic E-state index is 13.3. The van der Waals surface area contributed by atoms with Crippen LogP contribution in [0.2, 0.25) is 0 Å². The molecule has 1 unspecified atom stereocenters. The number of carbonyl (C=O) groups excluding carboxylic acids is 1. The molecule has 2 amide bonds. The Morgan fingerprint density at radius 2 is 1.71 bits per heavy atom. The number of carbonyl (C=O) groups is 2. The van der Waals surface area contributed by atoms with Crippen molar-refractivity contribution in [3.8, 4) is 0 Å². The lowest BCUT2D eigenvalue weighted by Crippen LogP contribution is -2.51. The summed E-state index contributed by atoms with van der Waals surface area (Å²) in [6.07, 6.45) is 0.309. The molecule has 3 aromatic carbocycles. The number of amides is 2. The number of fused-ring (bicyclic) bond motifs is 2. The van der Waals surface area contributed by atoms with Crippen LogP contribution in [0.3, 0.4) is 0 Å². The number of aromatic amines is 1. The largest absolute Gasteiger partial charge is 0.465 e. The van der Waals surface area contributed by atoms with Crippen LogP contribution in [0.15, 0.2) is 71.5 Å². The molecule has 0 saturated carbocycles. The molecule has 34 heavy (non-hydrogen) atoms. The van der Waals surface area contributed by atoms with Crippen molar-refractivity contribution in [2.75, 3.05) is 13.1 Å². The number of nitrogens with one attached hydrogen (secondary N) is 2. The van der Waals surface area contributed by atoms with E-state index >= 15 is 0 Å². The topological polar surface area (TPSA) is 107 Å². The summed E-state index contributed by atoms with van der Waals surface area (Å²) in [6.45, 7) is 0.927. The monoisotopic (exact) mass is 458 g/mol. The SMILES string of the molecule is O=C(O)NC(Cc1ccc2ccccc2c1)C(=O)N1CCC(n2c(=O)[nH]c3ccccc32)CC1. The van der Waals surface area contributed by atoms with Crippen molar-refractivity contribution in [1.29, 1.82) is 0 Å². The third-order valence-electron chi connectivity index (χ3n) is 6.61. The molecular weight excluding hydrogens is 432 g/mol. The van der Waals surface area contributed by atoms with E-state index in [-0.39, 0.29) is 24.1 Å². The van der Waals surface area contributed by atoms with E-state index in [2.05, 4.69) is 10.3 Å². The molecule has 0 spiro atoms. The van der Waals surface area contributed by atoms with Crippen LogP contribution in [0.5, 0.6) is 0 Å². The molecule has 174 valence electrons. The number of nitrogens with zero attached hydrogens (tertiary/aromatic N) is 2. The van der Waals surface area contributed by atoms with Crippen molar-refractivity contribution in [3.05, 3.63) is 82.8 Å². The van der Waals surface area contributed by atoms with Crippen LogP contribution in [0, 0.1) is 0 Å². The Morgan fingerprint density at radius 3 is 2.47 bits per heavy atom. The predicted molar refractivity (Wildman–Crippen MR) is 130 cm³/mol. The number of para-hydroxylation sites is 2. The Balaban J connectivity index is 1.31. The van der Waals surface area contributed by atoms with E-state index in [1.807, 2.05) is 66.7 Å². The van der Waals surface area contributed by atoms with Gasteiger partial charge in [0.05, 0.1) is 11.0 Å². The fourth-order valence-corrected chi connectivity index (χ4v) is 4.95. The standard InChI is InChI=1S/C26H26N4O4/c31-24(22(28-26(33)34)16-17-9-10-18-5-1-2-6-19(18)15-17)29-13-11-20(12-14-29)30-23-8-4-3-7-21(23)27-25(30)32/h1-10,15,20,22,28H,11-14,16H2,(H,27,32)(H,33,34). The van der Waals surface area contributed by atoms with Gasteiger partial charge in [-0.1, -0.05) is 54.6 Å². The van der Waals surface area contributed by atoms with Crippen molar-refractivity contribution in [2.45, 2.75) is 31.3 Å². The second kappa shape index (κ2) is 9.05. The molecule has 8 heteroatoms. The molecule has 0 aliphatic carbocycles. The van der Waals surface area contributed by atoms with Crippen molar-refractivity contribution in [3.63, 3.8) is 0 Å². The predicted octanol–water partition coefficient (Wildman–Crippen LogP) is 3.53. The van der Waals surface area contributed by atoms with Gasteiger partial charge in [-0.3, -0.25) is 9.36 Å². The summed E-state index contributed by atoms with van der Waals surface area (Å²) in [7, 11) is 0. The van der Waals surface area contributed by atoms with Gasteiger partial charge in [-0.2, -0.15) is 0 Å². The highest BCUT2D eigenvalue weighted by Gasteiger charge is 2.31. The Bertz CT molecular complexity index is 1420. The Kier molecular flexibility index (Phi) is 5.79. The van der Waals surface area contributed by atoms with Gasteiger partial charge >= 0.3 is 11.8 Å². The number of H-pyrrole nitrogens is 1. The van der Waals surface area contributed by atoms with E-state index in [0.717, 1.165) is 27.4 Å². The van der Waals surface area contributed by atoms with E-state index in [1.165, 1.54) is 0 Å². The summed E-state index contributed by atoms with van der Waals surface area (Å²) in [6, 6.07) is 20.5. The van der Waals surface area contributed by atoms with Gasteiger partial charge in [0, 0.05) is 25.6 Å². The van der Waals surface area contributed by atoms with Gasteiger partial charge in [0.15, 0.2) is 0 Å². The molecule has 0 radical (unpaired) electrons. The van der Waals surface area contributed by atoms with E-state index in [1.54, 1.807) is 9.47 Å². The Labute approximate surface area is 195 Å². The van der Waals surface area contributed by atoms with Gasteiger partial charge in [0.2, 0.25) is 5.91 Å². The number of piperidine rings is 1. The van der Waals surface area contributed by atoms with Gasteiger partial charge in [-0.15, -0.1) is 0 Å². The fourth-order valence-electron chi connectivity index (χ4n) is 4.95. The molecular formula is C26H26N4O4. The average molecular weight is 459 g/mol. The fraction of sp³-hybridized carbons (Fsp3) is 0.269. The summed E-state index contributed by atoms with van der Waals surface area (Å²) >= 11 is 0. The molecule has 1 aliphatic heterocycles. The van der Waals surface area contributed by atoms with Gasteiger partial charge in [0.1, 0.15) is 6.04 Å². The number of aromatic nitrogens is 2.